The highest BCUT2D eigenvalue weighted by Crippen LogP contribution is 2.33. The third kappa shape index (κ3) is 6.83. The van der Waals surface area contributed by atoms with Crippen molar-refractivity contribution < 1.29 is 14.3 Å². The quantitative estimate of drug-likeness (QED) is 0.510. The average molecular weight is 451 g/mol. The summed E-state index contributed by atoms with van der Waals surface area (Å²) in [6.07, 6.45) is 2.95. The van der Waals surface area contributed by atoms with Crippen molar-refractivity contribution >= 4 is 12.0 Å². The molecule has 1 fully saturated rings. The Morgan fingerprint density at radius 1 is 0.970 bits per heavy atom. The zero-order chi connectivity index (χ0) is 24.0. The molecule has 0 spiro atoms. The first-order valence-electron chi connectivity index (χ1n) is 12.1. The van der Waals surface area contributed by atoms with E-state index in [4.69, 9.17) is 4.74 Å². The average Bonchev–Trinajstić information content (AvgIpc) is 3.26. The maximum absolute atomic E-state index is 13.2. The lowest BCUT2D eigenvalue weighted by atomic mass is 10.0. The summed E-state index contributed by atoms with van der Waals surface area (Å²) in [7, 11) is 1.87. The minimum atomic E-state index is -0.568. The van der Waals surface area contributed by atoms with E-state index >= 15 is 0 Å². The molecule has 0 saturated heterocycles. The fourth-order valence-corrected chi connectivity index (χ4v) is 4.52. The standard InChI is InChI=1S/C28H38N2O3/c1-6-18-29(5)26(31)24-16-17-25(19-24)30(27(32)33-28(2,3)4)20-21-12-14-23(15-13-21)22-10-8-7-9-11-22/h7-15,24-25H,6,16-20H2,1-5H3/t24-,25+/m1/s1. The van der Waals surface area contributed by atoms with Crippen LogP contribution in [0.2, 0.25) is 0 Å². The fraction of sp³-hybridized carbons (Fsp3) is 0.500. The molecule has 2 aromatic rings. The van der Waals surface area contributed by atoms with Crippen LogP contribution >= 0.6 is 0 Å². The van der Waals surface area contributed by atoms with E-state index in [2.05, 4.69) is 43.3 Å². The molecule has 2 atom stereocenters. The smallest absolute Gasteiger partial charge is 0.410 e. The molecule has 0 heterocycles. The van der Waals surface area contributed by atoms with Gasteiger partial charge in [0.15, 0.2) is 0 Å². The van der Waals surface area contributed by atoms with Gasteiger partial charge >= 0.3 is 6.09 Å². The Morgan fingerprint density at radius 2 is 1.61 bits per heavy atom. The number of amides is 2. The highest BCUT2D eigenvalue weighted by molar-refractivity contribution is 5.79. The molecule has 0 N–H and O–H groups in total. The molecule has 1 saturated carbocycles. The zero-order valence-electron chi connectivity index (χ0n) is 20.7. The predicted octanol–water partition coefficient (Wildman–Crippen LogP) is 6.13. The molecule has 0 aliphatic heterocycles. The van der Waals surface area contributed by atoms with E-state index in [9.17, 15) is 9.59 Å². The molecule has 0 radical (unpaired) electrons. The molecule has 3 rings (SSSR count). The second-order valence-corrected chi connectivity index (χ2v) is 10.1. The molecule has 1 aliphatic carbocycles. The van der Waals surface area contributed by atoms with Crippen LogP contribution in [-0.2, 0) is 16.1 Å². The fourth-order valence-electron chi connectivity index (χ4n) is 4.52. The van der Waals surface area contributed by atoms with Gasteiger partial charge in [-0.1, -0.05) is 61.5 Å². The highest BCUT2D eigenvalue weighted by Gasteiger charge is 2.37. The van der Waals surface area contributed by atoms with Crippen LogP contribution in [0.1, 0.15) is 58.9 Å². The molecule has 0 aromatic heterocycles. The van der Waals surface area contributed by atoms with Gasteiger partial charge in [0.1, 0.15) is 5.60 Å². The Bertz CT molecular complexity index is 918. The first-order valence-corrected chi connectivity index (χ1v) is 12.1. The minimum absolute atomic E-state index is 0.00220. The van der Waals surface area contributed by atoms with Gasteiger partial charge in [0.2, 0.25) is 5.91 Å². The van der Waals surface area contributed by atoms with Crippen LogP contribution in [0, 0.1) is 5.92 Å². The number of hydrogen-bond donors (Lipinski definition) is 0. The van der Waals surface area contributed by atoms with E-state index in [1.165, 1.54) is 5.56 Å². The topological polar surface area (TPSA) is 49.9 Å². The first-order chi connectivity index (χ1) is 15.7. The number of benzene rings is 2. The number of rotatable bonds is 7. The van der Waals surface area contributed by atoms with Gasteiger partial charge in [0.05, 0.1) is 0 Å². The highest BCUT2D eigenvalue weighted by atomic mass is 16.6. The van der Waals surface area contributed by atoms with Crippen LogP contribution in [0.15, 0.2) is 54.6 Å². The SMILES string of the molecule is CCCN(C)C(=O)[C@@H]1CC[C@H](N(Cc2ccc(-c3ccccc3)cc2)C(=O)OC(C)(C)C)C1. The van der Waals surface area contributed by atoms with Crippen molar-refractivity contribution in [2.24, 2.45) is 5.92 Å². The molecule has 1 aliphatic rings. The normalized spacial score (nSPS) is 18.1. The van der Waals surface area contributed by atoms with Gasteiger partial charge in [0, 0.05) is 32.1 Å². The predicted molar refractivity (Wildman–Crippen MR) is 133 cm³/mol. The van der Waals surface area contributed by atoms with Crippen molar-refractivity contribution in [3.8, 4) is 11.1 Å². The summed E-state index contributed by atoms with van der Waals surface area (Å²) in [6.45, 7) is 8.98. The Kier molecular flexibility index (Phi) is 8.17. The lowest BCUT2D eigenvalue weighted by Crippen LogP contribution is -2.42. The van der Waals surface area contributed by atoms with Crippen LogP contribution in [0.25, 0.3) is 11.1 Å². The molecular weight excluding hydrogens is 412 g/mol. The van der Waals surface area contributed by atoms with Gasteiger partial charge in [-0.25, -0.2) is 4.79 Å². The molecule has 0 unspecified atom stereocenters. The number of hydrogen-bond acceptors (Lipinski definition) is 3. The molecule has 178 valence electrons. The molecule has 2 aromatic carbocycles. The molecule has 5 heteroatoms. The molecule has 5 nitrogen and oxygen atoms in total. The zero-order valence-corrected chi connectivity index (χ0v) is 20.7. The third-order valence-electron chi connectivity index (χ3n) is 6.17. The first kappa shape index (κ1) is 24.8. The van der Waals surface area contributed by atoms with Crippen molar-refractivity contribution in [2.45, 2.75) is 71.6 Å². The van der Waals surface area contributed by atoms with E-state index < -0.39 is 5.60 Å². The summed E-state index contributed by atoms with van der Waals surface area (Å²) in [5.41, 5.74) is 2.80. The van der Waals surface area contributed by atoms with Crippen molar-refractivity contribution in [3.63, 3.8) is 0 Å². The van der Waals surface area contributed by atoms with Crippen LogP contribution in [0.5, 0.6) is 0 Å². The van der Waals surface area contributed by atoms with Crippen molar-refractivity contribution in [1.82, 2.24) is 9.80 Å². The molecule has 0 bridgehead atoms. The maximum Gasteiger partial charge on any atom is 0.410 e. The van der Waals surface area contributed by atoms with E-state index in [1.807, 2.05) is 55.8 Å². The Balaban J connectivity index is 1.75. The van der Waals surface area contributed by atoms with Crippen molar-refractivity contribution in [2.75, 3.05) is 13.6 Å². The summed E-state index contributed by atoms with van der Waals surface area (Å²) in [5, 5.41) is 0. The molecule has 33 heavy (non-hydrogen) atoms. The number of carbonyl (C=O) groups excluding carboxylic acids is 2. The Morgan fingerprint density at radius 3 is 2.21 bits per heavy atom. The van der Waals surface area contributed by atoms with Gasteiger partial charge in [0.25, 0.3) is 0 Å². The van der Waals surface area contributed by atoms with Crippen LogP contribution in [-0.4, -0.2) is 47.0 Å². The number of ether oxygens (including phenoxy) is 1. The largest absolute Gasteiger partial charge is 0.444 e. The molecule has 2 amide bonds. The summed E-state index contributed by atoms with van der Waals surface area (Å²) < 4.78 is 5.75. The summed E-state index contributed by atoms with van der Waals surface area (Å²) in [4.78, 5) is 29.6. The van der Waals surface area contributed by atoms with Gasteiger partial charge < -0.3 is 14.5 Å². The number of carbonyl (C=O) groups is 2. The summed E-state index contributed by atoms with van der Waals surface area (Å²) in [6, 6.07) is 18.6. The number of nitrogens with zero attached hydrogens (tertiary/aromatic N) is 2. The Labute approximate surface area is 198 Å². The lowest BCUT2D eigenvalue weighted by molar-refractivity contribution is -0.134. The van der Waals surface area contributed by atoms with Crippen LogP contribution < -0.4 is 0 Å². The van der Waals surface area contributed by atoms with Gasteiger partial charge in [-0.15, -0.1) is 0 Å². The van der Waals surface area contributed by atoms with Crippen LogP contribution in [0.3, 0.4) is 0 Å². The Hall–Kier alpha value is -2.82. The third-order valence-corrected chi connectivity index (χ3v) is 6.17. The second-order valence-electron chi connectivity index (χ2n) is 10.1. The van der Waals surface area contributed by atoms with E-state index in [-0.39, 0.29) is 24.0 Å². The summed E-state index contributed by atoms with van der Waals surface area (Å²) >= 11 is 0. The lowest BCUT2D eigenvalue weighted by Gasteiger charge is -2.32. The van der Waals surface area contributed by atoms with Crippen LogP contribution in [0.4, 0.5) is 4.79 Å². The van der Waals surface area contributed by atoms with E-state index in [0.29, 0.717) is 13.0 Å². The summed E-state index contributed by atoms with van der Waals surface area (Å²) in [5.74, 6) is 0.160. The monoisotopic (exact) mass is 450 g/mol. The molecular formula is C28H38N2O3. The minimum Gasteiger partial charge on any atom is -0.444 e. The van der Waals surface area contributed by atoms with Gasteiger partial charge in [-0.05, 0) is 63.1 Å². The van der Waals surface area contributed by atoms with Gasteiger partial charge in [-0.2, -0.15) is 0 Å². The van der Waals surface area contributed by atoms with E-state index in [1.54, 1.807) is 0 Å². The second kappa shape index (κ2) is 10.9. The van der Waals surface area contributed by atoms with Crippen molar-refractivity contribution in [3.05, 3.63) is 60.2 Å². The van der Waals surface area contributed by atoms with E-state index in [0.717, 1.165) is 36.9 Å². The van der Waals surface area contributed by atoms with Crippen molar-refractivity contribution in [1.29, 1.82) is 0 Å². The van der Waals surface area contributed by atoms with Gasteiger partial charge in [-0.3, -0.25) is 4.79 Å². The maximum atomic E-state index is 13.2.